The number of morpholine rings is 1. The molecule has 35 heavy (non-hydrogen) atoms. The second kappa shape index (κ2) is 7.88. The molecule has 10 heteroatoms. The number of aryl methyl sites for hydroxylation is 2. The predicted molar refractivity (Wildman–Crippen MR) is 127 cm³/mol. The van der Waals surface area contributed by atoms with Crippen LogP contribution in [0.25, 0.3) is 0 Å². The molecule has 5 rings (SSSR count). The number of hydrogen-bond acceptors (Lipinski definition) is 7. The zero-order valence-electron chi connectivity index (χ0n) is 19.9. The van der Waals surface area contributed by atoms with E-state index in [4.69, 9.17) is 4.74 Å². The number of ether oxygens (including phenoxy) is 1. The lowest BCUT2D eigenvalue weighted by Gasteiger charge is -2.56. The average Bonchev–Trinajstić information content (AvgIpc) is 2.76. The van der Waals surface area contributed by atoms with Gasteiger partial charge in [-0.05, 0) is 62.6 Å². The molecule has 4 atom stereocenters. The van der Waals surface area contributed by atoms with Gasteiger partial charge in [0.05, 0.1) is 28.9 Å². The lowest BCUT2D eigenvalue weighted by atomic mass is 9.66. The molecule has 3 heterocycles. The number of urea groups is 1. The molecule has 0 aliphatic carbocycles. The van der Waals surface area contributed by atoms with E-state index in [1.165, 1.54) is 12.1 Å². The first kappa shape index (κ1) is 23.0. The Morgan fingerprint density at radius 3 is 2.43 bits per heavy atom. The van der Waals surface area contributed by atoms with Crippen LogP contribution in [0.4, 0.5) is 21.9 Å². The van der Waals surface area contributed by atoms with Crippen molar-refractivity contribution < 1.29 is 24.0 Å². The van der Waals surface area contributed by atoms with Crippen LogP contribution in [0.1, 0.15) is 30.5 Å². The van der Waals surface area contributed by atoms with Gasteiger partial charge in [0.1, 0.15) is 0 Å². The van der Waals surface area contributed by atoms with Gasteiger partial charge in [-0.2, -0.15) is 0 Å². The van der Waals surface area contributed by atoms with E-state index < -0.39 is 40.3 Å². The van der Waals surface area contributed by atoms with E-state index in [1.54, 1.807) is 18.2 Å². The van der Waals surface area contributed by atoms with E-state index >= 15 is 0 Å². The highest BCUT2D eigenvalue weighted by Gasteiger charge is 2.65. The highest BCUT2D eigenvalue weighted by atomic mass is 16.6. The lowest BCUT2D eigenvalue weighted by molar-refractivity contribution is -0.384. The van der Waals surface area contributed by atoms with E-state index in [0.29, 0.717) is 17.8 Å². The van der Waals surface area contributed by atoms with E-state index in [1.807, 2.05) is 38.7 Å². The summed E-state index contributed by atoms with van der Waals surface area (Å²) >= 11 is 0. The molecule has 3 aliphatic heterocycles. The minimum absolute atomic E-state index is 0.0908. The number of nitrogens with one attached hydrogen (secondary N) is 1. The Morgan fingerprint density at radius 2 is 1.77 bits per heavy atom. The maximum atomic E-state index is 14.3. The number of nitro groups is 1. The summed E-state index contributed by atoms with van der Waals surface area (Å²) in [5.74, 6) is -1.38. The number of nitro benzene ring substituents is 1. The maximum Gasteiger partial charge on any atom is 0.335 e. The number of carbonyl (C=O) groups is 3. The highest BCUT2D eigenvalue weighted by molar-refractivity contribution is 6.30. The molecule has 4 amide bonds. The fraction of sp³-hybridized carbons (Fsp3) is 0.400. The Morgan fingerprint density at radius 1 is 1.09 bits per heavy atom. The van der Waals surface area contributed by atoms with Crippen LogP contribution in [0.2, 0.25) is 0 Å². The molecular formula is C25H26N4O6. The first-order valence-corrected chi connectivity index (χ1v) is 11.5. The summed E-state index contributed by atoms with van der Waals surface area (Å²) < 4.78 is 6.08. The summed E-state index contributed by atoms with van der Waals surface area (Å²) in [4.78, 5) is 54.8. The summed E-state index contributed by atoms with van der Waals surface area (Å²) in [6.07, 6.45) is -0.809. The van der Waals surface area contributed by atoms with Gasteiger partial charge in [0, 0.05) is 30.8 Å². The van der Waals surface area contributed by atoms with Gasteiger partial charge in [-0.25, -0.2) is 9.69 Å². The number of benzene rings is 2. The lowest BCUT2D eigenvalue weighted by Crippen LogP contribution is -2.76. The van der Waals surface area contributed by atoms with Crippen LogP contribution in [-0.4, -0.2) is 47.6 Å². The number of hydrogen-bond donors (Lipinski definition) is 1. The van der Waals surface area contributed by atoms with Crippen LogP contribution in [-0.2, 0) is 20.7 Å². The SMILES string of the molecule is Cc1cc(C)cc(N2C(=O)NC(=O)[C@]3(Cc4cc([N+](=O)[O-])ccc4N4C[C@@H](C)O[C@@H](C)[C@@H]43)C2=O)c1. The number of non-ortho nitro benzene ring substituents is 1. The van der Waals surface area contributed by atoms with Crippen LogP contribution in [0.3, 0.4) is 0 Å². The summed E-state index contributed by atoms with van der Waals surface area (Å²) in [6.45, 7) is 7.82. The third-order valence-electron chi connectivity index (χ3n) is 7.12. The Labute approximate surface area is 202 Å². The fourth-order valence-electron chi connectivity index (χ4n) is 5.94. The van der Waals surface area contributed by atoms with Crippen LogP contribution in [0.15, 0.2) is 36.4 Å². The maximum absolute atomic E-state index is 14.3. The molecule has 0 bridgehead atoms. The summed E-state index contributed by atoms with van der Waals surface area (Å²) in [6, 6.07) is 8.34. The van der Waals surface area contributed by atoms with Gasteiger partial charge >= 0.3 is 6.03 Å². The van der Waals surface area contributed by atoms with Crippen molar-refractivity contribution in [2.75, 3.05) is 16.3 Å². The van der Waals surface area contributed by atoms with E-state index in [-0.39, 0.29) is 18.2 Å². The number of imide groups is 2. The number of rotatable bonds is 2. The Hall–Kier alpha value is -3.79. The Balaban J connectivity index is 1.71. The van der Waals surface area contributed by atoms with Crippen molar-refractivity contribution in [3.05, 3.63) is 63.2 Å². The number of fused-ring (bicyclic) bond motifs is 4. The molecule has 3 aliphatic rings. The van der Waals surface area contributed by atoms with Crippen LogP contribution < -0.4 is 15.1 Å². The molecule has 10 nitrogen and oxygen atoms in total. The largest absolute Gasteiger partial charge is 0.372 e. The van der Waals surface area contributed by atoms with E-state index in [9.17, 15) is 24.5 Å². The van der Waals surface area contributed by atoms with Gasteiger partial charge < -0.3 is 9.64 Å². The van der Waals surface area contributed by atoms with Gasteiger partial charge in [0.15, 0.2) is 5.41 Å². The van der Waals surface area contributed by atoms with Gasteiger partial charge in [-0.3, -0.25) is 25.0 Å². The molecule has 2 aromatic carbocycles. The predicted octanol–water partition coefficient (Wildman–Crippen LogP) is 3.02. The zero-order valence-corrected chi connectivity index (χ0v) is 19.9. The molecule has 2 saturated heterocycles. The summed E-state index contributed by atoms with van der Waals surface area (Å²) in [5, 5.41) is 13.9. The van der Waals surface area contributed by atoms with Crippen molar-refractivity contribution in [3.8, 4) is 0 Å². The quantitative estimate of drug-likeness (QED) is 0.400. The minimum atomic E-state index is -1.71. The number of carbonyl (C=O) groups excluding carboxylic acids is 3. The molecule has 182 valence electrons. The number of nitrogens with zero attached hydrogens (tertiary/aromatic N) is 3. The topological polar surface area (TPSA) is 122 Å². The van der Waals surface area contributed by atoms with Crippen LogP contribution in [0, 0.1) is 29.4 Å². The van der Waals surface area contributed by atoms with Crippen molar-refractivity contribution in [1.29, 1.82) is 0 Å². The monoisotopic (exact) mass is 478 g/mol. The zero-order chi connectivity index (χ0) is 25.2. The first-order chi connectivity index (χ1) is 16.5. The number of amides is 4. The Bertz CT molecular complexity index is 1270. The third kappa shape index (κ3) is 3.39. The van der Waals surface area contributed by atoms with E-state index in [0.717, 1.165) is 21.7 Å². The fourth-order valence-corrected chi connectivity index (χ4v) is 5.94. The van der Waals surface area contributed by atoms with Crippen LogP contribution in [0.5, 0.6) is 0 Å². The number of barbiturate groups is 1. The molecular weight excluding hydrogens is 452 g/mol. The van der Waals surface area contributed by atoms with Crippen LogP contribution >= 0.6 is 0 Å². The molecule has 0 unspecified atom stereocenters. The Kier molecular flexibility index (Phi) is 5.17. The third-order valence-corrected chi connectivity index (χ3v) is 7.12. The van der Waals surface area contributed by atoms with Gasteiger partial charge in [0.2, 0.25) is 5.91 Å². The molecule has 2 fully saturated rings. The van der Waals surface area contributed by atoms with E-state index in [2.05, 4.69) is 5.32 Å². The van der Waals surface area contributed by atoms with Crippen molar-refractivity contribution in [1.82, 2.24) is 5.32 Å². The second-order valence-electron chi connectivity index (χ2n) is 9.71. The van der Waals surface area contributed by atoms with Gasteiger partial charge in [-0.15, -0.1) is 0 Å². The minimum Gasteiger partial charge on any atom is -0.372 e. The number of anilines is 2. The first-order valence-electron chi connectivity index (χ1n) is 11.5. The smallest absolute Gasteiger partial charge is 0.335 e. The summed E-state index contributed by atoms with van der Waals surface area (Å²) in [7, 11) is 0. The molecule has 0 radical (unpaired) electrons. The van der Waals surface area contributed by atoms with Crippen molar-refractivity contribution in [2.45, 2.75) is 52.4 Å². The van der Waals surface area contributed by atoms with Crippen molar-refractivity contribution in [3.63, 3.8) is 0 Å². The standard InChI is InChI=1S/C25H26N4O6/c1-13-7-14(2)9-19(8-13)28-23(31)25(22(30)26-24(28)32)11-17-10-18(29(33)34)5-6-20(17)27-12-15(3)35-16(4)21(25)27/h5-10,15-16,21H,11-12H2,1-4H3,(H,26,30,32)/t15-,16+,21-,25-/m1/s1. The van der Waals surface area contributed by atoms with Gasteiger partial charge in [-0.1, -0.05) is 6.07 Å². The van der Waals surface area contributed by atoms with Crippen molar-refractivity contribution in [2.24, 2.45) is 5.41 Å². The molecule has 0 aromatic heterocycles. The highest BCUT2D eigenvalue weighted by Crippen LogP contribution is 2.49. The van der Waals surface area contributed by atoms with Gasteiger partial charge in [0.25, 0.3) is 11.6 Å². The van der Waals surface area contributed by atoms with Crippen molar-refractivity contribution >= 4 is 34.9 Å². The molecule has 2 aromatic rings. The normalized spacial score (nSPS) is 28.0. The summed E-state index contributed by atoms with van der Waals surface area (Å²) in [5.41, 5.74) is 1.48. The molecule has 0 saturated carbocycles. The average molecular weight is 479 g/mol. The molecule has 1 spiro atoms. The molecule has 1 N–H and O–H groups in total. The second-order valence-corrected chi connectivity index (χ2v) is 9.71.